The quantitative estimate of drug-likeness (QED) is 0.376. The lowest BCUT2D eigenvalue weighted by atomic mass is 9.82. The molecule has 0 spiro atoms. The summed E-state index contributed by atoms with van der Waals surface area (Å²) in [4.78, 5) is 10.7. The first kappa shape index (κ1) is 15.3. The number of nitrogens with zero attached hydrogens (tertiary/aromatic N) is 1. The lowest BCUT2D eigenvalue weighted by Crippen LogP contribution is -2.16. The predicted octanol–water partition coefficient (Wildman–Crippen LogP) is 4.80. The van der Waals surface area contributed by atoms with E-state index in [0.29, 0.717) is 11.3 Å². The van der Waals surface area contributed by atoms with E-state index in [1.54, 1.807) is 0 Å². The van der Waals surface area contributed by atoms with Gasteiger partial charge in [0.05, 0.1) is 6.04 Å². The third-order valence-electron chi connectivity index (χ3n) is 2.46. The van der Waals surface area contributed by atoms with Crippen molar-refractivity contribution in [3.05, 3.63) is 4.91 Å². The molecule has 0 heterocycles. The maximum atomic E-state index is 10.7. The van der Waals surface area contributed by atoms with Crippen molar-refractivity contribution in [2.24, 2.45) is 16.5 Å². The van der Waals surface area contributed by atoms with Gasteiger partial charge in [0.25, 0.3) is 0 Å². The first-order valence-electron chi connectivity index (χ1n) is 5.77. The van der Waals surface area contributed by atoms with Crippen molar-refractivity contribution < 1.29 is 0 Å². The van der Waals surface area contributed by atoms with Gasteiger partial charge in [0, 0.05) is 0 Å². The van der Waals surface area contributed by atoms with Crippen LogP contribution in [0.25, 0.3) is 0 Å². The molecule has 0 aromatic heterocycles. The second kappa shape index (κ2) is 7.58. The Kier molecular flexibility index (Phi) is 7.75. The van der Waals surface area contributed by atoms with E-state index in [0.717, 1.165) is 23.7 Å². The highest BCUT2D eigenvalue weighted by Crippen LogP contribution is 2.28. The van der Waals surface area contributed by atoms with Crippen LogP contribution >= 0.6 is 22.6 Å². The van der Waals surface area contributed by atoms with Crippen molar-refractivity contribution >= 4 is 22.6 Å². The van der Waals surface area contributed by atoms with Gasteiger partial charge in [-0.05, 0) is 41.4 Å². The molecule has 0 aromatic carbocycles. The molecule has 3 heteroatoms. The summed E-state index contributed by atoms with van der Waals surface area (Å²) in [5.74, 6) is 0.599. The smallest absolute Gasteiger partial charge is 0.0922 e. The number of nitroso groups, excluding NO2 is 1. The van der Waals surface area contributed by atoms with E-state index in [9.17, 15) is 4.91 Å². The Labute approximate surface area is 108 Å². The highest BCUT2D eigenvalue weighted by molar-refractivity contribution is 14.1. The summed E-state index contributed by atoms with van der Waals surface area (Å²) in [7, 11) is 0. The molecule has 0 aliphatic heterocycles. The van der Waals surface area contributed by atoms with E-state index in [1.165, 1.54) is 6.42 Å². The molecule has 0 N–H and O–H groups in total. The molecule has 0 saturated carbocycles. The number of hydrogen-bond donors (Lipinski definition) is 0. The molecule has 0 saturated heterocycles. The van der Waals surface area contributed by atoms with Crippen LogP contribution in [0.4, 0.5) is 0 Å². The molecular formula is C12H24INO. The maximum absolute atomic E-state index is 10.7. The fourth-order valence-electron chi connectivity index (χ4n) is 2.12. The first-order chi connectivity index (χ1) is 6.89. The molecule has 0 rings (SSSR count). The van der Waals surface area contributed by atoms with E-state index in [2.05, 4.69) is 55.5 Å². The topological polar surface area (TPSA) is 29.4 Å². The summed E-state index contributed by atoms with van der Waals surface area (Å²) in [6.07, 6.45) is 4.20. The summed E-state index contributed by atoms with van der Waals surface area (Å²) < 4.78 is 1.12. The normalized spacial score (nSPS) is 16.1. The monoisotopic (exact) mass is 325 g/mol. The van der Waals surface area contributed by atoms with Crippen LogP contribution in [0, 0.1) is 16.2 Å². The van der Waals surface area contributed by atoms with Crippen molar-refractivity contribution in [2.45, 2.75) is 59.4 Å². The van der Waals surface area contributed by atoms with Gasteiger partial charge in [0.1, 0.15) is 0 Å². The van der Waals surface area contributed by atoms with Crippen molar-refractivity contribution in [1.82, 2.24) is 0 Å². The van der Waals surface area contributed by atoms with Crippen LogP contribution < -0.4 is 0 Å². The molecule has 15 heavy (non-hydrogen) atoms. The number of hydrogen-bond acceptors (Lipinski definition) is 2. The van der Waals surface area contributed by atoms with Crippen LogP contribution in [0.2, 0.25) is 0 Å². The first-order valence-corrected chi connectivity index (χ1v) is 7.30. The lowest BCUT2D eigenvalue weighted by molar-refractivity contribution is 0.283. The third kappa shape index (κ3) is 9.27. The Balaban J connectivity index is 3.90. The zero-order valence-electron chi connectivity index (χ0n) is 10.4. The van der Waals surface area contributed by atoms with Crippen LogP contribution in [0.15, 0.2) is 5.18 Å². The highest BCUT2D eigenvalue weighted by Gasteiger charge is 2.19. The third-order valence-corrected chi connectivity index (χ3v) is 3.22. The lowest BCUT2D eigenvalue weighted by Gasteiger charge is -2.24. The maximum Gasteiger partial charge on any atom is 0.0922 e. The Morgan fingerprint density at radius 1 is 1.33 bits per heavy atom. The zero-order valence-corrected chi connectivity index (χ0v) is 12.6. The van der Waals surface area contributed by atoms with Crippen LogP contribution in [0.1, 0.15) is 53.4 Å². The fourth-order valence-corrected chi connectivity index (χ4v) is 2.56. The fraction of sp³-hybridized carbons (Fsp3) is 1.00. The molecule has 0 aliphatic rings. The molecule has 0 aromatic rings. The summed E-state index contributed by atoms with van der Waals surface area (Å²) in [5.41, 5.74) is 0.357. The van der Waals surface area contributed by atoms with Gasteiger partial charge in [-0.1, -0.05) is 55.5 Å². The zero-order chi connectivity index (χ0) is 11.9. The molecule has 0 bridgehead atoms. The molecule has 0 radical (unpaired) electrons. The SMILES string of the molecule is C[C@H](CC(CCCI)N=O)CC(C)(C)C. The average Bonchev–Trinajstić information content (AvgIpc) is 2.09. The van der Waals surface area contributed by atoms with Gasteiger partial charge >= 0.3 is 0 Å². The standard InChI is InChI=1S/C12H24INO/c1-10(9-12(2,3)4)8-11(14-15)6-5-7-13/h10-11H,5-9H2,1-4H3/t10-,11?/m1/s1. The summed E-state index contributed by atoms with van der Waals surface area (Å²) in [6, 6.07) is 0.0390. The average molecular weight is 325 g/mol. The van der Waals surface area contributed by atoms with Crippen molar-refractivity contribution in [3.63, 3.8) is 0 Å². The van der Waals surface area contributed by atoms with E-state index >= 15 is 0 Å². The Morgan fingerprint density at radius 3 is 2.33 bits per heavy atom. The summed E-state index contributed by atoms with van der Waals surface area (Å²) in [5, 5.41) is 3.24. The molecule has 0 fully saturated rings. The van der Waals surface area contributed by atoms with Gasteiger partial charge in [-0.25, -0.2) is 0 Å². The van der Waals surface area contributed by atoms with Gasteiger partial charge in [-0.2, -0.15) is 4.91 Å². The Morgan fingerprint density at radius 2 is 1.93 bits per heavy atom. The molecule has 0 amide bonds. The van der Waals surface area contributed by atoms with Gasteiger partial charge in [-0.3, -0.25) is 0 Å². The van der Waals surface area contributed by atoms with E-state index < -0.39 is 0 Å². The van der Waals surface area contributed by atoms with Crippen molar-refractivity contribution in [1.29, 1.82) is 0 Å². The predicted molar refractivity (Wildman–Crippen MR) is 75.6 cm³/mol. The van der Waals surface area contributed by atoms with Crippen LogP contribution in [0.3, 0.4) is 0 Å². The minimum absolute atomic E-state index is 0.0390. The van der Waals surface area contributed by atoms with Crippen molar-refractivity contribution in [3.8, 4) is 0 Å². The van der Waals surface area contributed by atoms with Crippen molar-refractivity contribution in [2.75, 3.05) is 4.43 Å². The van der Waals surface area contributed by atoms with Crippen LogP contribution in [-0.4, -0.2) is 10.5 Å². The molecule has 2 nitrogen and oxygen atoms in total. The van der Waals surface area contributed by atoms with E-state index in [4.69, 9.17) is 0 Å². The molecule has 2 atom stereocenters. The second-order valence-electron chi connectivity index (χ2n) is 5.70. The number of halogens is 1. The minimum Gasteiger partial charge on any atom is -0.151 e. The van der Waals surface area contributed by atoms with Crippen LogP contribution in [0.5, 0.6) is 0 Å². The van der Waals surface area contributed by atoms with Gasteiger partial charge in [0.15, 0.2) is 0 Å². The van der Waals surface area contributed by atoms with Gasteiger partial charge in [0.2, 0.25) is 0 Å². The Bertz CT molecular complexity index is 177. The molecular weight excluding hydrogens is 301 g/mol. The van der Waals surface area contributed by atoms with E-state index in [-0.39, 0.29) is 6.04 Å². The molecule has 1 unspecified atom stereocenters. The molecule has 90 valence electrons. The number of alkyl halides is 1. The highest BCUT2D eigenvalue weighted by atomic mass is 127. The summed E-state index contributed by atoms with van der Waals surface area (Å²) >= 11 is 2.35. The van der Waals surface area contributed by atoms with Gasteiger partial charge < -0.3 is 0 Å². The van der Waals surface area contributed by atoms with Crippen LogP contribution in [-0.2, 0) is 0 Å². The van der Waals surface area contributed by atoms with Gasteiger partial charge in [-0.15, -0.1) is 0 Å². The number of rotatable bonds is 7. The second-order valence-corrected chi connectivity index (χ2v) is 6.77. The molecule has 0 aliphatic carbocycles. The summed E-state index contributed by atoms with van der Waals surface area (Å²) in [6.45, 7) is 8.97. The Hall–Kier alpha value is 0.330. The van der Waals surface area contributed by atoms with E-state index in [1.807, 2.05) is 0 Å². The largest absolute Gasteiger partial charge is 0.151 e. The minimum atomic E-state index is 0.0390.